The lowest BCUT2D eigenvalue weighted by Gasteiger charge is -2.18. The number of hydrogen-bond donors (Lipinski definition) is 1. The third kappa shape index (κ3) is 3.24. The minimum atomic E-state index is 0.0607. The predicted molar refractivity (Wildman–Crippen MR) is 79.3 cm³/mol. The molecule has 0 aliphatic heterocycles. The van der Waals surface area contributed by atoms with Gasteiger partial charge in [0.15, 0.2) is 11.5 Å². The lowest BCUT2D eigenvalue weighted by Crippen LogP contribution is -2.25. The summed E-state index contributed by atoms with van der Waals surface area (Å²) in [6.45, 7) is 2.02. The molecule has 1 aromatic rings. The van der Waals surface area contributed by atoms with E-state index in [9.17, 15) is 4.79 Å². The first-order valence-electron chi connectivity index (χ1n) is 7.18. The number of anilines is 1. The van der Waals surface area contributed by atoms with Crippen LogP contribution in [0, 0.1) is 11.8 Å². The summed E-state index contributed by atoms with van der Waals surface area (Å²) in [6.07, 6.45) is 4.83. The van der Waals surface area contributed by atoms with Crippen LogP contribution < -0.4 is 14.8 Å². The van der Waals surface area contributed by atoms with E-state index in [-0.39, 0.29) is 11.8 Å². The van der Waals surface area contributed by atoms with Crippen molar-refractivity contribution in [3.63, 3.8) is 0 Å². The molecule has 110 valence electrons. The maximum absolute atomic E-state index is 12.3. The molecule has 1 N–H and O–H groups in total. The van der Waals surface area contributed by atoms with Crippen molar-refractivity contribution < 1.29 is 14.3 Å². The monoisotopic (exact) mass is 277 g/mol. The summed E-state index contributed by atoms with van der Waals surface area (Å²) in [5.41, 5.74) is 0.748. The number of carbonyl (C=O) groups excluding carboxylic acids is 1. The van der Waals surface area contributed by atoms with Crippen molar-refractivity contribution in [2.45, 2.75) is 32.6 Å². The number of benzene rings is 1. The summed E-state index contributed by atoms with van der Waals surface area (Å²) >= 11 is 0. The molecule has 1 atom stereocenters. The van der Waals surface area contributed by atoms with Gasteiger partial charge in [0.2, 0.25) is 5.91 Å². The van der Waals surface area contributed by atoms with E-state index in [1.807, 2.05) is 13.0 Å². The number of nitrogens with one attached hydrogen (secondary N) is 1. The first kappa shape index (κ1) is 14.7. The van der Waals surface area contributed by atoms with Gasteiger partial charge in [0, 0.05) is 17.7 Å². The molecule has 20 heavy (non-hydrogen) atoms. The highest BCUT2D eigenvalue weighted by atomic mass is 16.5. The van der Waals surface area contributed by atoms with Crippen LogP contribution in [-0.2, 0) is 4.79 Å². The number of amides is 1. The van der Waals surface area contributed by atoms with E-state index < -0.39 is 0 Å². The third-order valence-electron chi connectivity index (χ3n) is 4.17. The predicted octanol–water partition coefficient (Wildman–Crippen LogP) is 3.47. The Morgan fingerprint density at radius 2 is 1.85 bits per heavy atom. The topological polar surface area (TPSA) is 47.6 Å². The molecule has 1 aliphatic carbocycles. The molecule has 0 bridgehead atoms. The Bertz CT molecular complexity index is 467. The molecule has 2 rings (SSSR count). The molecule has 0 heterocycles. The van der Waals surface area contributed by atoms with Crippen LogP contribution in [-0.4, -0.2) is 20.1 Å². The highest BCUT2D eigenvalue weighted by Gasteiger charge is 2.26. The SMILES string of the molecule is COc1ccc(NC(=O)C(C)C2CCCC2)cc1OC. The van der Waals surface area contributed by atoms with E-state index in [4.69, 9.17) is 9.47 Å². The van der Waals surface area contributed by atoms with E-state index in [2.05, 4.69) is 5.32 Å². The van der Waals surface area contributed by atoms with Crippen LogP contribution in [0.15, 0.2) is 18.2 Å². The van der Waals surface area contributed by atoms with Gasteiger partial charge in [0.25, 0.3) is 0 Å². The van der Waals surface area contributed by atoms with Gasteiger partial charge in [-0.05, 0) is 30.9 Å². The quantitative estimate of drug-likeness (QED) is 0.896. The van der Waals surface area contributed by atoms with Gasteiger partial charge in [0.05, 0.1) is 14.2 Å². The summed E-state index contributed by atoms with van der Waals surface area (Å²) in [4.78, 5) is 12.3. The summed E-state index contributed by atoms with van der Waals surface area (Å²) in [7, 11) is 3.18. The molecule has 1 aliphatic rings. The molecule has 1 amide bonds. The van der Waals surface area contributed by atoms with E-state index in [1.165, 1.54) is 25.7 Å². The van der Waals surface area contributed by atoms with Crippen LogP contribution >= 0.6 is 0 Å². The Kier molecular flexibility index (Phi) is 4.88. The Morgan fingerprint density at radius 3 is 2.45 bits per heavy atom. The van der Waals surface area contributed by atoms with E-state index >= 15 is 0 Å². The van der Waals surface area contributed by atoms with Crippen LogP contribution in [0.25, 0.3) is 0 Å². The molecular formula is C16H23NO3. The van der Waals surface area contributed by atoms with E-state index in [1.54, 1.807) is 26.4 Å². The van der Waals surface area contributed by atoms with Crippen molar-refractivity contribution in [1.82, 2.24) is 0 Å². The molecule has 1 saturated carbocycles. The second kappa shape index (κ2) is 6.64. The second-order valence-corrected chi connectivity index (χ2v) is 5.39. The van der Waals surface area contributed by atoms with Gasteiger partial charge in [-0.15, -0.1) is 0 Å². The zero-order valence-electron chi connectivity index (χ0n) is 12.4. The van der Waals surface area contributed by atoms with Crippen molar-refractivity contribution in [3.8, 4) is 11.5 Å². The fraction of sp³-hybridized carbons (Fsp3) is 0.562. The smallest absolute Gasteiger partial charge is 0.227 e. The van der Waals surface area contributed by atoms with Crippen molar-refractivity contribution in [1.29, 1.82) is 0 Å². The zero-order chi connectivity index (χ0) is 14.5. The molecule has 4 heteroatoms. The Balaban J connectivity index is 2.03. The number of hydrogen-bond acceptors (Lipinski definition) is 3. The average molecular weight is 277 g/mol. The minimum Gasteiger partial charge on any atom is -0.493 e. The van der Waals surface area contributed by atoms with E-state index in [0.717, 1.165) is 5.69 Å². The van der Waals surface area contributed by atoms with Gasteiger partial charge >= 0.3 is 0 Å². The molecule has 1 aromatic carbocycles. The lowest BCUT2D eigenvalue weighted by molar-refractivity contribution is -0.120. The molecule has 0 radical (unpaired) electrons. The fourth-order valence-electron chi connectivity index (χ4n) is 2.84. The fourth-order valence-corrected chi connectivity index (χ4v) is 2.84. The van der Waals surface area contributed by atoms with E-state index in [0.29, 0.717) is 17.4 Å². The first-order chi connectivity index (χ1) is 9.65. The van der Waals surface area contributed by atoms with Crippen LogP contribution in [0.5, 0.6) is 11.5 Å². The Hall–Kier alpha value is -1.71. The van der Waals surface area contributed by atoms with Gasteiger partial charge in [-0.25, -0.2) is 0 Å². The third-order valence-corrected chi connectivity index (χ3v) is 4.17. The highest BCUT2D eigenvalue weighted by molar-refractivity contribution is 5.92. The van der Waals surface area contributed by atoms with Crippen LogP contribution in [0.3, 0.4) is 0 Å². The summed E-state index contributed by atoms with van der Waals surface area (Å²) in [5.74, 6) is 1.96. The Labute approximate surface area is 120 Å². The lowest BCUT2D eigenvalue weighted by atomic mass is 9.92. The molecule has 0 saturated heterocycles. The van der Waals surface area contributed by atoms with Gasteiger partial charge in [-0.2, -0.15) is 0 Å². The first-order valence-corrected chi connectivity index (χ1v) is 7.18. The number of methoxy groups -OCH3 is 2. The van der Waals surface area contributed by atoms with Crippen LogP contribution in [0.4, 0.5) is 5.69 Å². The highest BCUT2D eigenvalue weighted by Crippen LogP contribution is 2.33. The maximum atomic E-state index is 12.3. The summed E-state index contributed by atoms with van der Waals surface area (Å²) in [5, 5.41) is 2.97. The van der Waals surface area contributed by atoms with Gasteiger partial charge in [-0.3, -0.25) is 4.79 Å². The molecule has 1 fully saturated rings. The van der Waals surface area contributed by atoms with Gasteiger partial charge < -0.3 is 14.8 Å². The largest absolute Gasteiger partial charge is 0.493 e. The second-order valence-electron chi connectivity index (χ2n) is 5.39. The van der Waals surface area contributed by atoms with Crippen molar-refractivity contribution >= 4 is 11.6 Å². The van der Waals surface area contributed by atoms with Crippen LogP contribution in [0.2, 0.25) is 0 Å². The van der Waals surface area contributed by atoms with Gasteiger partial charge in [-0.1, -0.05) is 19.8 Å². The maximum Gasteiger partial charge on any atom is 0.227 e. The zero-order valence-corrected chi connectivity index (χ0v) is 12.4. The average Bonchev–Trinajstić information content (AvgIpc) is 3.00. The Morgan fingerprint density at radius 1 is 1.20 bits per heavy atom. The van der Waals surface area contributed by atoms with Crippen LogP contribution in [0.1, 0.15) is 32.6 Å². The standard InChI is InChI=1S/C16H23NO3/c1-11(12-6-4-5-7-12)16(18)17-13-8-9-14(19-2)15(10-13)20-3/h8-12H,4-7H2,1-3H3,(H,17,18). The summed E-state index contributed by atoms with van der Waals surface area (Å²) < 4.78 is 10.4. The molecular weight excluding hydrogens is 254 g/mol. The molecule has 4 nitrogen and oxygen atoms in total. The van der Waals surface area contributed by atoms with Gasteiger partial charge in [0.1, 0.15) is 0 Å². The minimum absolute atomic E-state index is 0.0607. The van der Waals surface area contributed by atoms with Crippen molar-refractivity contribution in [3.05, 3.63) is 18.2 Å². The molecule has 0 aromatic heterocycles. The molecule has 1 unspecified atom stereocenters. The van der Waals surface area contributed by atoms with Crippen molar-refractivity contribution in [2.24, 2.45) is 11.8 Å². The molecule has 0 spiro atoms. The van der Waals surface area contributed by atoms with Crippen molar-refractivity contribution in [2.75, 3.05) is 19.5 Å². The summed E-state index contributed by atoms with van der Waals surface area (Å²) in [6, 6.07) is 5.42. The number of ether oxygens (including phenoxy) is 2. The number of rotatable bonds is 5. The number of carbonyl (C=O) groups is 1. The normalized spacial score (nSPS) is 16.8.